The number of methoxy groups -OCH3 is 1. The van der Waals surface area contributed by atoms with Gasteiger partial charge in [-0.05, 0) is 24.3 Å². The number of amides is 1. The van der Waals surface area contributed by atoms with Crippen LogP contribution in [-0.2, 0) is 10.0 Å². The number of rotatable bonds is 9. The van der Waals surface area contributed by atoms with Crippen molar-refractivity contribution >= 4 is 33.0 Å². The first kappa shape index (κ1) is 23.1. The van der Waals surface area contributed by atoms with E-state index in [4.69, 9.17) is 4.74 Å². The number of nitrogens with zero attached hydrogens (tertiary/aromatic N) is 2. The number of hydrogen-bond donors (Lipinski definition) is 2. The molecule has 0 radical (unpaired) electrons. The van der Waals surface area contributed by atoms with E-state index in [2.05, 4.69) is 10.6 Å². The van der Waals surface area contributed by atoms with Gasteiger partial charge in [-0.15, -0.1) is 0 Å². The van der Waals surface area contributed by atoms with Crippen molar-refractivity contribution in [1.29, 1.82) is 0 Å². The van der Waals surface area contributed by atoms with Crippen LogP contribution >= 0.6 is 0 Å². The van der Waals surface area contributed by atoms with E-state index in [0.29, 0.717) is 18.8 Å². The normalized spacial score (nSPS) is 11.2. The van der Waals surface area contributed by atoms with Gasteiger partial charge in [0.05, 0.1) is 28.2 Å². The highest BCUT2D eigenvalue weighted by Crippen LogP contribution is 2.30. The second kappa shape index (κ2) is 9.55. The van der Waals surface area contributed by atoms with Crippen molar-refractivity contribution in [3.63, 3.8) is 0 Å². The molecule has 0 atom stereocenters. The third kappa shape index (κ3) is 4.69. The summed E-state index contributed by atoms with van der Waals surface area (Å²) in [5, 5.41) is 16.5. The van der Waals surface area contributed by atoms with E-state index in [1.807, 2.05) is 0 Å². The molecule has 30 heavy (non-hydrogen) atoms. The summed E-state index contributed by atoms with van der Waals surface area (Å²) in [4.78, 5) is 23.3. The van der Waals surface area contributed by atoms with Crippen LogP contribution < -0.4 is 15.4 Å². The summed E-state index contributed by atoms with van der Waals surface area (Å²) in [7, 11) is -0.791. The number of sulfonamides is 1. The van der Waals surface area contributed by atoms with E-state index < -0.39 is 20.9 Å². The Kier molecular flexibility index (Phi) is 7.35. The highest BCUT2D eigenvalue weighted by Gasteiger charge is 2.24. The van der Waals surface area contributed by atoms with Crippen molar-refractivity contribution < 1.29 is 22.9 Å². The molecule has 0 heterocycles. The van der Waals surface area contributed by atoms with Crippen LogP contribution in [-0.4, -0.2) is 50.8 Å². The first-order valence-corrected chi connectivity index (χ1v) is 10.6. The monoisotopic (exact) mass is 436 g/mol. The number of hydrogen-bond acceptors (Lipinski definition) is 7. The summed E-state index contributed by atoms with van der Waals surface area (Å²) in [6.45, 7) is 4.06. The Morgan fingerprint density at radius 1 is 1.13 bits per heavy atom. The van der Waals surface area contributed by atoms with Gasteiger partial charge in [0.2, 0.25) is 10.0 Å². The molecule has 10 nitrogen and oxygen atoms in total. The van der Waals surface area contributed by atoms with Gasteiger partial charge in [-0.2, -0.15) is 4.31 Å². The van der Waals surface area contributed by atoms with Crippen molar-refractivity contribution in [1.82, 2.24) is 4.31 Å². The Bertz CT molecular complexity index is 1050. The molecule has 0 aliphatic heterocycles. The number of carbonyl (C=O) groups is 1. The molecule has 2 rings (SSSR count). The largest absolute Gasteiger partial charge is 0.495 e. The third-order valence-corrected chi connectivity index (χ3v) is 6.54. The van der Waals surface area contributed by atoms with Crippen LogP contribution in [0, 0.1) is 10.1 Å². The molecule has 2 N–H and O–H groups in total. The van der Waals surface area contributed by atoms with Crippen molar-refractivity contribution in [3.8, 4) is 5.75 Å². The minimum absolute atomic E-state index is 0.00446. The second-order valence-corrected chi connectivity index (χ2v) is 8.08. The minimum Gasteiger partial charge on any atom is -0.495 e. The molecule has 11 heteroatoms. The van der Waals surface area contributed by atoms with Gasteiger partial charge >= 0.3 is 0 Å². The highest BCUT2D eigenvalue weighted by atomic mass is 32.2. The standard InChI is InChI=1S/C19H24N4O6S/c1-5-22(6-2)30(27,28)14-8-10-18(29-4)17(12-14)21-19(24)15-11-13(23(25)26)7-9-16(15)20-3/h7-12,20H,5-6H2,1-4H3,(H,21,24). The predicted octanol–water partition coefficient (Wildman–Crippen LogP) is 2.93. The van der Waals surface area contributed by atoms with Crippen LogP contribution in [0.3, 0.4) is 0 Å². The van der Waals surface area contributed by atoms with E-state index in [1.54, 1.807) is 20.9 Å². The maximum atomic E-state index is 12.9. The number of nitrogens with one attached hydrogen (secondary N) is 2. The zero-order valence-corrected chi connectivity index (χ0v) is 17.9. The third-order valence-electron chi connectivity index (χ3n) is 4.49. The lowest BCUT2D eigenvalue weighted by Gasteiger charge is -2.20. The van der Waals surface area contributed by atoms with Crippen LogP contribution in [0.15, 0.2) is 41.3 Å². The zero-order chi connectivity index (χ0) is 22.5. The SMILES string of the molecule is CCN(CC)S(=O)(=O)c1ccc(OC)c(NC(=O)c2cc([N+](=O)[O-])ccc2NC)c1. The second-order valence-electron chi connectivity index (χ2n) is 6.14. The number of anilines is 2. The summed E-state index contributed by atoms with van der Waals surface area (Å²) in [5.74, 6) is -0.406. The van der Waals surface area contributed by atoms with Gasteiger partial charge < -0.3 is 15.4 Å². The average Bonchev–Trinajstić information content (AvgIpc) is 2.73. The molecule has 0 saturated carbocycles. The number of carbonyl (C=O) groups excluding carboxylic acids is 1. The molecule has 0 spiro atoms. The molecule has 0 aliphatic rings. The summed E-state index contributed by atoms with van der Waals surface area (Å²) >= 11 is 0. The fourth-order valence-corrected chi connectivity index (χ4v) is 4.38. The Morgan fingerprint density at radius 2 is 1.80 bits per heavy atom. The van der Waals surface area contributed by atoms with E-state index in [9.17, 15) is 23.3 Å². The molecule has 162 valence electrons. The molecule has 0 saturated heterocycles. The lowest BCUT2D eigenvalue weighted by molar-refractivity contribution is -0.384. The minimum atomic E-state index is -3.76. The number of ether oxygens (including phenoxy) is 1. The first-order valence-electron chi connectivity index (χ1n) is 9.15. The Hall–Kier alpha value is -3.18. The maximum Gasteiger partial charge on any atom is 0.270 e. The van der Waals surface area contributed by atoms with Gasteiger partial charge in [0.25, 0.3) is 11.6 Å². The summed E-state index contributed by atoms with van der Waals surface area (Å²) in [5.41, 5.74) is 0.294. The summed E-state index contributed by atoms with van der Waals surface area (Å²) in [6, 6.07) is 7.99. The van der Waals surface area contributed by atoms with Crippen molar-refractivity contribution in [3.05, 3.63) is 52.1 Å². The van der Waals surface area contributed by atoms with Crippen LogP contribution in [0.1, 0.15) is 24.2 Å². The highest BCUT2D eigenvalue weighted by molar-refractivity contribution is 7.89. The van der Waals surface area contributed by atoms with Crippen LogP contribution in [0.2, 0.25) is 0 Å². The summed E-state index contributed by atoms with van der Waals surface area (Å²) in [6.07, 6.45) is 0. The number of nitro groups is 1. The van der Waals surface area contributed by atoms with Gasteiger partial charge in [0.1, 0.15) is 5.75 Å². The van der Waals surface area contributed by atoms with Crippen molar-refractivity contribution in [2.45, 2.75) is 18.7 Å². The van der Waals surface area contributed by atoms with Crippen molar-refractivity contribution in [2.75, 3.05) is 37.9 Å². The van der Waals surface area contributed by atoms with Crippen LogP contribution in [0.5, 0.6) is 5.75 Å². The summed E-state index contributed by atoms with van der Waals surface area (Å²) < 4.78 is 32.1. The molecule has 0 unspecified atom stereocenters. The van der Waals surface area contributed by atoms with Gasteiger partial charge in [0.15, 0.2) is 0 Å². The molecule has 0 bridgehead atoms. The van der Waals surface area contributed by atoms with E-state index in [-0.39, 0.29) is 27.6 Å². The molecule has 2 aromatic carbocycles. The van der Waals surface area contributed by atoms with Crippen LogP contribution in [0.4, 0.5) is 17.1 Å². The quantitative estimate of drug-likeness (QED) is 0.456. The van der Waals surface area contributed by atoms with Crippen LogP contribution in [0.25, 0.3) is 0 Å². The fourth-order valence-electron chi connectivity index (χ4n) is 2.90. The predicted molar refractivity (Wildman–Crippen MR) is 114 cm³/mol. The zero-order valence-electron chi connectivity index (χ0n) is 17.1. The smallest absolute Gasteiger partial charge is 0.270 e. The van der Waals surface area contributed by atoms with Gasteiger partial charge in [-0.1, -0.05) is 13.8 Å². The Balaban J connectivity index is 2.49. The topological polar surface area (TPSA) is 131 Å². The molecule has 0 fully saturated rings. The first-order chi connectivity index (χ1) is 14.2. The molecular weight excluding hydrogens is 412 g/mol. The van der Waals surface area contributed by atoms with Gasteiger partial charge in [0, 0.05) is 38.0 Å². The molecule has 0 aromatic heterocycles. The van der Waals surface area contributed by atoms with Gasteiger partial charge in [-0.3, -0.25) is 14.9 Å². The van der Waals surface area contributed by atoms with Crippen molar-refractivity contribution in [2.24, 2.45) is 0 Å². The van der Waals surface area contributed by atoms with E-state index >= 15 is 0 Å². The number of nitro benzene ring substituents is 1. The molecular formula is C19H24N4O6S. The number of benzene rings is 2. The fraction of sp³-hybridized carbons (Fsp3) is 0.316. The van der Waals surface area contributed by atoms with E-state index in [0.717, 1.165) is 6.07 Å². The molecule has 2 aromatic rings. The lowest BCUT2D eigenvalue weighted by Crippen LogP contribution is -2.30. The average molecular weight is 436 g/mol. The Morgan fingerprint density at radius 3 is 2.33 bits per heavy atom. The lowest BCUT2D eigenvalue weighted by atomic mass is 10.1. The maximum absolute atomic E-state index is 12.9. The van der Waals surface area contributed by atoms with Gasteiger partial charge in [-0.25, -0.2) is 8.42 Å². The molecule has 1 amide bonds. The van der Waals surface area contributed by atoms with E-state index in [1.165, 1.54) is 41.7 Å². The number of non-ortho nitro benzene ring substituents is 1. The Labute approximate surface area is 175 Å². The molecule has 0 aliphatic carbocycles.